The van der Waals surface area contributed by atoms with Crippen LogP contribution in [0.15, 0.2) is 6.07 Å². The highest BCUT2D eigenvalue weighted by atomic mass is 16.2. The maximum Gasteiger partial charge on any atom is 0.298 e. The van der Waals surface area contributed by atoms with Crippen LogP contribution in [0.1, 0.15) is 27.6 Å². The molecule has 3 N–H and O–H groups in total. The number of aromatic nitrogens is 4. The minimum atomic E-state index is -0.276. The van der Waals surface area contributed by atoms with Gasteiger partial charge in [-0.05, 0) is 26.8 Å². The summed E-state index contributed by atoms with van der Waals surface area (Å²) in [5.74, 6) is -0.276. The zero-order valence-corrected chi connectivity index (χ0v) is 9.40. The number of rotatable bonds is 1. The van der Waals surface area contributed by atoms with Crippen LogP contribution in [0.5, 0.6) is 0 Å². The lowest BCUT2D eigenvalue weighted by molar-refractivity contribution is 0.0937. The summed E-state index contributed by atoms with van der Waals surface area (Å²) in [6.45, 7) is 5.36. The van der Waals surface area contributed by atoms with E-state index in [-0.39, 0.29) is 5.91 Å². The molecule has 0 saturated heterocycles. The Morgan fingerprint density at radius 1 is 1.44 bits per heavy atom. The molecule has 2 rings (SSSR count). The quantitative estimate of drug-likeness (QED) is 0.742. The molecular formula is C10H13N5O. The van der Waals surface area contributed by atoms with Crippen LogP contribution in [-0.4, -0.2) is 25.9 Å². The number of hydrogen-bond acceptors (Lipinski definition) is 4. The highest BCUT2D eigenvalue weighted by molar-refractivity contribution is 5.94. The number of aromatic amines is 1. The molecule has 0 bridgehead atoms. The molecular weight excluding hydrogens is 206 g/mol. The van der Waals surface area contributed by atoms with Crippen LogP contribution < -0.4 is 5.73 Å². The second-order valence-corrected chi connectivity index (χ2v) is 3.74. The average molecular weight is 219 g/mol. The van der Waals surface area contributed by atoms with Crippen LogP contribution in [0.2, 0.25) is 0 Å². The minimum Gasteiger partial charge on any atom is -0.396 e. The van der Waals surface area contributed by atoms with Gasteiger partial charge in [0.05, 0.1) is 17.1 Å². The Bertz CT molecular complexity index is 552. The summed E-state index contributed by atoms with van der Waals surface area (Å²) in [6.07, 6.45) is 0. The molecule has 0 aliphatic rings. The van der Waals surface area contributed by atoms with Crippen LogP contribution in [0.4, 0.5) is 5.69 Å². The Labute approximate surface area is 92.5 Å². The SMILES string of the molecule is Cc1cc(C(=O)n2nc(C)c(N)c2C)n[nH]1. The first-order valence-electron chi connectivity index (χ1n) is 4.89. The number of hydrogen-bond donors (Lipinski definition) is 2. The molecule has 0 unspecified atom stereocenters. The second kappa shape index (κ2) is 3.48. The standard InChI is InChI=1S/C10H13N5O/c1-5-4-8(13-12-5)10(16)15-7(3)9(11)6(2)14-15/h4H,11H2,1-3H3,(H,12,13). The number of H-pyrrole nitrogens is 1. The number of nitrogen functional groups attached to an aromatic ring is 1. The Morgan fingerprint density at radius 3 is 2.56 bits per heavy atom. The third-order valence-electron chi connectivity index (χ3n) is 2.46. The highest BCUT2D eigenvalue weighted by Crippen LogP contribution is 2.15. The molecule has 0 aromatic carbocycles. The molecule has 0 aliphatic carbocycles. The van der Waals surface area contributed by atoms with Gasteiger partial charge in [-0.25, -0.2) is 0 Å². The molecule has 2 heterocycles. The fraction of sp³-hybridized carbons (Fsp3) is 0.300. The van der Waals surface area contributed by atoms with Crippen molar-refractivity contribution in [3.63, 3.8) is 0 Å². The molecule has 0 amide bonds. The lowest BCUT2D eigenvalue weighted by Crippen LogP contribution is -2.16. The van der Waals surface area contributed by atoms with Crippen molar-refractivity contribution in [3.8, 4) is 0 Å². The Morgan fingerprint density at radius 2 is 2.12 bits per heavy atom. The van der Waals surface area contributed by atoms with E-state index in [0.717, 1.165) is 5.69 Å². The van der Waals surface area contributed by atoms with Crippen molar-refractivity contribution < 1.29 is 4.79 Å². The topological polar surface area (TPSA) is 89.6 Å². The van der Waals surface area contributed by atoms with Crippen molar-refractivity contribution in [2.45, 2.75) is 20.8 Å². The molecule has 16 heavy (non-hydrogen) atoms. The zero-order valence-electron chi connectivity index (χ0n) is 9.40. The summed E-state index contributed by atoms with van der Waals surface area (Å²) < 4.78 is 1.28. The predicted molar refractivity (Wildman–Crippen MR) is 59.2 cm³/mol. The van der Waals surface area contributed by atoms with Crippen LogP contribution >= 0.6 is 0 Å². The summed E-state index contributed by atoms with van der Waals surface area (Å²) in [7, 11) is 0. The van der Waals surface area contributed by atoms with Gasteiger partial charge in [-0.2, -0.15) is 14.9 Å². The zero-order chi connectivity index (χ0) is 11.9. The van der Waals surface area contributed by atoms with E-state index in [1.54, 1.807) is 19.9 Å². The van der Waals surface area contributed by atoms with Crippen molar-refractivity contribution in [1.29, 1.82) is 0 Å². The Hall–Kier alpha value is -2.11. The Kier molecular flexibility index (Phi) is 2.26. The molecule has 0 atom stereocenters. The average Bonchev–Trinajstić information content (AvgIpc) is 2.78. The summed E-state index contributed by atoms with van der Waals surface area (Å²) in [5.41, 5.74) is 8.76. The van der Waals surface area contributed by atoms with Gasteiger partial charge in [0.1, 0.15) is 0 Å². The van der Waals surface area contributed by atoms with Crippen LogP contribution in [0.3, 0.4) is 0 Å². The van der Waals surface area contributed by atoms with Gasteiger partial charge in [-0.3, -0.25) is 9.89 Å². The number of carbonyl (C=O) groups excluding carboxylic acids is 1. The van der Waals surface area contributed by atoms with Crippen molar-refractivity contribution >= 4 is 11.6 Å². The van der Waals surface area contributed by atoms with Gasteiger partial charge in [-0.15, -0.1) is 0 Å². The van der Waals surface area contributed by atoms with Crippen LogP contribution in [0, 0.1) is 20.8 Å². The van der Waals surface area contributed by atoms with Gasteiger partial charge >= 0.3 is 0 Å². The maximum atomic E-state index is 12.0. The number of aryl methyl sites for hydroxylation is 2. The molecule has 2 aromatic rings. The van der Waals surface area contributed by atoms with E-state index in [1.807, 2.05) is 6.92 Å². The molecule has 84 valence electrons. The number of nitrogens with zero attached hydrogens (tertiary/aromatic N) is 3. The van der Waals surface area contributed by atoms with E-state index in [1.165, 1.54) is 4.68 Å². The smallest absolute Gasteiger partial charge is 0.298 e. The number of carbonyl (C=O) groups is 1. The fourth-order valence-corrected chi connectivity index (χ4v) is 1.49. The van der Waals surface area contributed by atoms with Crippen molar-refractivity contribution in [2.75, 3.05) is 5.73 Å². The molecule has 0 saturated carbocycles. The van der Waals surface area contributed by atoms with Gasteiger partial charge in [0.25, 0.3) is 5.91 Å². The van der Waals surface area contributed by atoms with Crippen LogP contribution in [-0.2, 0) is 0 Å². The summed E-state index contributed by atoms with van der Waals surface area (Å²) in [6, 6.07) is 1.68. The second-order valence-electron chi connectivity index (χ2n) is 3.74. The normalized spacial score (nSPS) is 10.7. The first kappa shape index (κ1) is 10.4. The fourth-order valence-electron chi connectivity index (χ4n) is 1.49. The van der Waals surface area contributed by atoms with Crippen LogP contribution in [0.25, 0.3) is 0 Å². The number of nitrogens with one attached hydrogen (secondary N) is 1. The number of nitrogens with two attached hydrogens (primary N) is 1. The molecule has 0 radical (unpaired) electrons. The molecule has 2 aromatic heterocycles. The van der Waals surface area contributed by atoms with E-state index in [0.29, 0.717) is 22.8 Å². The van der Waals surface area contributed by atoms with Gasteiger partial charge in [0.15, 0.2) is 5.69 Å². The molecule has 6 nitrogen and oxygen atoms in total. The third-order valence-corrected chi connectivity index (χ3v) is 2.46. The lowest BCUT2D eigenvalue weighted by Gasteiger charge is -1.99. The summed E-state index contributed by atoms with van der Waals surface area (Å²) in [4.78, 5) is 12.0. The van der Waals surface area contributed by atoms with E-state index in [4.69, 9.17) is 5.73 Å². The van der Waals surface area contributed by atoms with Gasteiger partial charge < -0.3 is 5.73 Å². The Balaban J connectivity index is 2.45. The van der Waals surface area contributed by atoms with E-state index in [9.17, 15) is 4.79 Å². The molecule has 0 aliphatic heterocycles. The predicted octanol–water partition coefficient (Wildman–Crippen LogP) is 0.802. The number of anilines is 1. The molecule has 0 spiro atoms. The van der Waals surface area contributed by atoms with E-state index in [2.05, 4.69) is 15.3 Å². The third kappa shape index (κ3) is 1.48. The van der Waals surface area contributed by atoms with E-state index >= 15 is 0 Å². The maximum absolute atomic E-state index is 12.0. The first-order chi connectivity index (χ1) is 7.50. The highest BCUT2D eigenvalue weighted by Gasteiger charge is 2.18. The van der Waals surface area contributed by atoms with E-state index < -0.39 is 0 Å². The first-order valence-corrected chi connectivity index (χ1v) is 4.89. The molecule has 6 heteroatoms. The summed E-state index contributed by atoms with van der Waals surface area (Å²) >= 11 is 0. The van der Waals surface area contributed by atoms with Crippen molar-refractivity contribution in [1.82, 2.24) is 20.0 Å². The van der Waals surface area contributed by atoms with Crippen molar-refractivity contribution in [2.24, 2.45) is 0 Å². The van der Waals surface area contributed by atoms with Crippen molar-refractivity contribution in [3.05, 3.63) is 28.8 Å². The van der Waals surface area contributed by atoms with Gasteiger partial charge in [0, 0.05) is 5.69 Å². The largest absolute Gasteiger partial charge is 0.396 e. The molecule has 0 fully saturated rings. The summed E-state index contributed by atoms with van der Waals surface area (Å²) in [5, 5.41) is 10.7. The van der Waals surface area contributed by atoms with Gasteiger partial charge in [-0.1, -0.05) is 0 Å². The lowest BCUT2D eigenvalue weighted by atomic mass is 10.3. The minimum absolute atomic E-state index is 0.276. The van der Waals surface area contributed by atoms with Gasteiger partial charge in [0.2, 0.25) is 0 Å². The monoisotopic (exact) mass is 219 g/mol.